The van der Waals surface area contributed by atoms with Crippen LogP contribution in [0.2, 0.25) is 0 Å². The smallest absolute Gasteiger partial charge is 0.166 e. The summed E-state index contributed by atoms with van der Waals surface area (Å²) in [6, 6.07) is 19.7. The highest BCUT2D eigenvalue weighted by atomic mass is 32.2. The van der Waals surface area contributed by atoms with Crippen LogP contribution in [0, 0.1) is 5.82 Å². The van der Waals surface area contributed by atoms with Crippen molar-refractivity contribution in [2.24, 2.45) is 5.73 Å². The monoisotopic (exact) mass is 441 g/mol. The van der Waals surface area contributed by atoms with Gasteiger partial charge in [0.2, 0.25) is 0 Å². The van der Waals surface area contributed by atoms with Crippen molar-refractivity contribution in [3.8, 4) is 22.5 Å². The number of nitrogens with one attached hydrogen (secondary N) is 1. The third kappa shape index (κ3) is 3.77. The molecule has 0 spiro atoms. The Morgan fingerprint density at radius 3 is 2.53 bits per heavy atom. The van der Waals surface area contributed by atoms with E-state index in [1.54, 1.807) is 24.5 Å². The van der Waals surface area contributed by atoms with Gasteiger partial charge in [-0.3, -0.25) is 9.97 Å². The number of pyridine rings is 2. The van der Waals surface area contributed by atoms with Crippen LogP contribution in [0.25, 0.3) is 33.4 Å². The molecule has 0 radical (unpaired) electrons. The van der Waals surface area contributed by atoms with E-state index in [1.165, 1.54) is 23.9 Å². The minimum Gasteiger partial charge on any atom is -0.332 e. The number of aromatic nitrogens is 4. The quantitative estimate of drug-likeness (QED) is 0.347. The predicted octanol–water partition coefficient (Wildman–Crippen LogP) is 5.60. The third-order valence-corrected chi connectivity index (χ3v) is 5.98. The van der Waals surface area contributed by atoms with Crippen molar-refractivity contribution >= 4 is 22.7 Å². The van der Waals surface area contributed by atoms with Gasteiger partial charge in [0.05, 0.1) is 28.6 Å². The number of halogens is 1. The summed E-state index contributed by atoms with van der Waals surface area (Å²) >= 11 is 1.52. The molecule has 0 fully saturated rings. The fourth-order valence-corrected chi connectivity index (χ4v) is 4.18. The molecule has 0 saturated heterocycles. The number of nitrogens with two attached hydrogens (primary N) is 1. The predicted molar refractivity (Wildman–Crippen MR) is 127 cm³/mol. The molecule has 7 heteroatoms. The van der Waals surface area contributed by atoms with Gasteiger partial charge >= 0.3 is 0 Å². The second-order valence-electron chi connectivity index (χ2n) is 7.34. The van der Waals surface area contributed by atoms with E-state index >= 15 is 0 Å². The standard InChI is InChI=1S/C25H20FN5S/c1-32-25-30-23(15-6-8-17(26)9-7-15)24(31-25)16-10-12-29-21(14-16)22(27)19-11-13-28-20-5-3-2-4-18(19)20/h2-14,22H,27H2,1H3,(H,30,31). The largest absolute Gasteiger partial charge is 0.332 e. The van der Waals surface area contributed by atoms with Gasteiger partial charge in [0.25, 0.3) is 0 Å². The molecule has 32 heavy (non-hydrogen) atoms. The van der Waals surface area contributed by atoms with Gasteiger partial charge < -0.3 is 10.7 Å². The Balaban J connectivity index is 1.59. The van der Waals surface area contributed by atoms with E-state index in [9.17, 15) is 4.39 Å². The molecule has 5 rings (SSSR count). The molecule has 0 saturated carbocycles. The number of para-hydroxylation sites is 1. The Kier molecular flexibility index (Phi) is 5.43. The summed E-state index contributed by atoms with van der Waals surface area (Å²) in [6.07, 6.45) is 5.47. The van der Waals surface area contributed by atoms with Crippen LogP contribution in [-0.2, 0) is 0 Å². The number of thioether (sulfide) groups is 1. The van der Waals surface area contributed by atoms with Crippen LogP contribution >= 0.6 is 11.8 Å². The van der Waals surface area contributed by atoms with E-state index in [-0.39, 0.29) is 5.82 Å². The lowest BCUT2D eigenvalue weighted by atomic mass is 9.98. The van der Waals surface area contributed by atoms with Gasteiger partial charge in [0.15, 0.2) is 5.16 Å². The Hall–Kier alpha value is -3.55. The SMILES string of the molecule is CSc1nc(-c2ccnc(C(N)c3ccnc4ccccc34)c2)c(-c2ccc(F)cc2)[nH]1. The molecule has 5 nitrogen and oxygen atoms in total. The summed E-state index contributed by atoms with van der Waals surface area (Å²) in [7, 11) is 0. The number of nitrogens with zero attached hydrogens (tertiary/aromatic N) is 3. The number of hydrogen-bond acceptors (Lipinski definition) is 5. The highest BCUT2D eigenvalue weighted by Crippen LogP contribution is 2.34. The number of fused-ring (bicyclic) bond motifs is 1. The fraction of sp³-hybridized carbons (Fsp3) is 0.0800. The zero-order valence-corrected chi connectivity index (χ0v) is 18.1. The Morgan fingerprint density at radius 2 is 1.72 bits per heavy atom. The van der Waals surface area contributed by atoms with Crippen molar-refractivity contribution in [3.63, 3.8) is 0 Å². The Bertz CT molecular complexity index is 1390. The van der Waals surface area contributed by atoms with Crippen LogP contribution in [0.5, 0.6) is 0 Å². The zero-order valence-electron chi connectivity index (χ0n) is 17.3. The molecule has 5 aromatic rings. The summed E-state index contributed by atoms with van der Waals surface area (Å²) in [4.78, 5) is 17.1. The second kappa shape index (κ2) is 8.53. The third-order valence-electron chi connectivity index (χ3n) is 5.40. The first-order valence-corrected chi connectivity index (χ1v) is 11.3. The van der Waals surface area contributed by atoms with Gasteiger partial charge in [-0.15, -0.1) is 0 Å². The van der Waals surface area contributed by atoms with Crippen molar-refractivity contribution in [1.82, 2.24) is 19.9 Å². The first-order valence-electron chi connectivity index (χ1n) is 10.1. The maximum atomic E-state index is 13.5. The van der Waals surface area contributed by atoms with Gasteiger partial charge in [-0.05, 0) is 60.4 Å². The Morgan fingerprint density at radius 1 is 0.938 bits per heavy atom. The summed E-state index contributed by atoms with van der Waals surface area (Å²) in [6.45, 7) is 0. The minimum atomic E-state index is -0.420. The first-order chi connectivity index (χ1) is 15.6. The van der Waals surface area contributed by atoms with Crippen LogP contribution in [-0.4, -0.2) is 26.2 Å². The zero-order chi connectivity index (χ0) is 22.1. The lowest BCUT2D eigenvalue weighted by Crippen LogP contribution is -2.14. The van der Waals surface area contributed by atoms with Crippen LogP contribution < -0.4 is 5.73 Å². The molecule has 3 aromatic heterocycles. The Labute approximate surface area is 189 Å². The lowest BCUT2D eigenvalue weighted by molar-refractivity contribution is 0.628. The number of aromatic amines is 1. The fourth-order valence-electron chi connectivity index (χ4n) is 3.80. The second-order valence-corrected chi connectivity index (χ2v) is 8.14. The van der Waals surface area contributed by atoms with Gasteiger partial charge in [-0.2, -0.15) is 0 Å². The average Bonchev–Trinajstić information content (AvgIpc) is 3.28. The number of rotatable bonds is 5. The van der Waals surface area contributed by atoms with E-state index < -0.39 is 6.04 Å². The molecule has 1 atom stereocenters. The highest BCUT2D eigenvalue weighted by Gasteiger charge is 2.18. The summed E-state index contributed by atoms with van der Waals surface area (Å²) in [5.41, 5.74) is 12.6. The average molecular weight is 442 g/mol. The molecule has 0 aliphatic heterocycles. The van der Waals surface area contributed by atoms with E-state index in [0.29, 0.717) is 0 Å². The van der Waals surface area contributed by atoms with Crippen LogP contribution in [0.15, 0.2) is 84.3 Å². The molecule has 3 heterocycles. The number of imidazole rings is 1. The first kappa shape index (κ1) is 20.4. The molecule has 0 aliphatic carbocycles. The molecule has 0 bridgehead atoms. The van der Waals surface area contributed by atoms with Gasteiger partial charge in [0.1, 0.15) is 5.82 Å². The summed E-state index contributed by atoms with van der Waals surface area (Å²) in [5.74, 6) is -0.276. The van der Waals surface area contributed by atoms with Crippen molar-refractivity contribution < 1.29 is 4.39 Å². The molecule has 0 aliphatic rings. The molecule has 158 valence electrons. The number of benzene rings is 2. The minimum absolute atomic E-state index is 0.276. The van der Waals surface area contributed by atoms with E-state index in [4.69, 9.17) is 10.7 Å². The molecular weight excluding hydrogens is 421 g/mol. The molecule has 3 N–H and O–H groups in total. The van der Waals surface area contributed by atoms with E-state index in [0.717, 1.165) is 49.8 Å². The van der Waals surface area contributed by atoms with Crippen molar-refractivity contribution in [1.29, 1.82) is 0 Å². The lowest BCUT2D eigenvalue weighted by Gasteiger charge is -2.15. The van der Waals surface area contributed by atoms with E-state index in [1.807, 2.05) is 48.7 Å². The topological polar surface area (TPSA) is 80.5 Å². The number of hydrogen-bond donors (Lipinski definition) is 2. The van der Waals surface area contributed by atoms with E-state index in [2.05, 4.69) is 15.0 Å². The summed E-state index contributed by atoms with van der Waals surface area (Å²) < 4.78 is 13.5. The molecule has 2 aromatic carbocycles. The number of H-pyrrole nitrogens is 1. The maximum absolute atomic E-state index is 13.5. The van der Waals surface area contributed by atoms with Crippen molar-refractivity contribution in [2.75, 3.05) is 6.26 Å². The van der Waals surface area contributed by atoms with Gasteiger partial charge in [-0.1, -0.05) is 30.0 Å². The maximum Gasteiger partial charge on any atom is 0.166 e. The molecule has 1 unspecified atom stereocenters. The van der Waals surface area contributed by atoms with Gasteiger partial charge in [0, 0.05) is 28.9 Å². The van der Waals surface area contributed by atoms with Crippen LogP contribution in [0.3, 0.4) is 0 Å². The van der Waals surface area contributed by atoms with Crippen molar-refractivity contribution in [3.05, 3.63) is 96.2 Å². The van der Waals surface area contributed by atoms with Gasteiger partial charge in [-0.25, -0.2) is 9.37 Å². The summed E-state index contributed by atoms with van der Waals surface area (Å²) in [5, 5.41) is 1.79. The van der Waals surface area contributed by atoms with Crippen molar-refractivity contribution in [2.45, 2.75) is 11.2 Å². The normalized spacial score (nSPS) is 12.2. The van der Waals surface area contributed by atoms with Crippen LogP contribution in [0.4, 0.5) is 4.39 Å². The molecule has 0 amide bonds. The molecular formula is C25H20FN5S. The highest BCUT2D eigenvalue weighted by molar-refractivity contribution is 7.98. The van der Waals surface area contributed by atoms with Crippen LogP contribution in [0.1, 0.15) is 17.3 Å².